The summed E-state index contributed by atoms with van der Waals surface area (Å²) >= 11 is 0. The number of nitro groups is 1. The Balaban J connectivity index is 1.97. The molecule has 0 fully saturated rings. The smallest absolute Gasteiger partial charge is 0.338 e. The molecule has 1 amide bonds. The molecule has 7 nitrogen and oxygen atoms in total. The van der Waals surface area contributed by atoms with Crippen LogP contribution in [-0.4, -0.2) is 23.4 Å². The molecule has 0 atom stereocenters. The van der Waals surface area contributed by atoms with Gasteiger partial charge in [-0.1, -0.05) is 24.3 Å². The van der Waals surface area contributed by atoms with E-state index in [2.05, 4.69) is 5.32 Å². The molecule has 0 heterocycles. The molecule has 2 rings (SSSR count). The fraction of sp³-hybridized carbons (Fsp3) is 0.176. The van der Waals surface area contributed by atoms with Crippen LogP contribution in [0.2, 0.25) is 0 Å². The van der Waals surface area contributed by atoms with Gasteiger partial charge < -0.3 is 10.1 Å². The van der Waals surface area contributed by atoms with Crippen molar-refractivity contribution in [1.82, 2.24) is 0 Å². The van der Waals surface area contributed by atoms with Crippen LogP contribution < -0.4 is 5.32 Å². The minimum Gasteiger partial charge on any atom is -0.452 e. The van der Waals surface area contributed by atoms with Gasteiger partial charge in [-0.3, -0.25) is 14.9 Å². The van der Waals surface area contributed by atoms with Crippen molar-refractivity contribution >= 4 is 23.3 Å². The second kappa shape index (κ2) is 7.36. The third kappa shape index (κ3) is 4.16. The Morgan fingerprint density at radius 2 is 1.83 bits per heavy atom. The van der Waals surface area contributed by atoms with Crippen molar-refractivity contribution in [3.05, 3.63) is 69.3 Å². The van der Waals surface area contributed by atoms with Crippen molar-refractivity contribution in [3.8, 4) is 0 Å². The lowest BCUT2D eigenvalue weighted by molar-refractivity contribution is -0.385. The average Bonchev–Trinajstić information content (AvgIpc) is 2.54. The zero-order valence-electron chi connectivity index (χ0n) is 13.2. The SMILES string of the molecule is Cc1ccccc1C(=O)OCC(=O)Nc1ccc(C)c([N+](=O)[O-])c1. The fourth-order valence-electron chi connectivity index (χ4n) is 2.09. The van der Waals surface area contributed by atoms with Crippen LogP contribution in [0.15, 0.2) is 42.5 Å². The number of amides is 1. The van der Waals surface area contributed by atoms with Gasteiger partial charge in [-0.15, -0.1) is 0 Å². The molecule has 2 aromatic rings. The Labute approximate surface area is 138 Å². The number of hydrogen-bond acceptors (Lipinski definition) is 5. The zero-order chi connectivity index (χ0) is 17.7. The van der Waals surface area contributed by atoms with Gasteiger partial charge in [0.1, 0.15) is 0 Å². The zero-order valence-corrected chi connectivity index (χ0v) is 13.2. The molecule has 7 heteroatoms. The summed E-state index contributed by atoms with van der Waals surface area (Å²) in [7, 11) is 0. The Morgan fingerprint density at radius 3 is 2.50 bits per heavy atom. The first-order valence-electron chi connectivity index (χ1n) is 7.16. The van der Waals surface area contributed by atoms with Crippen molar-refractivity contribution < 1.29 is 19.2 Å². The van der Waals surface area contributed by atoms with E-state index in [9.17, 15) is 19.7 Å². The number of nitrogens with one attached hydrogen (secondary N) is 1. The van der Waals surface area contributed by atoms with E-state index in [1.54, 1.807) is 44.2 Å². The molecule has 0 saturated carbocycles. The largest absolute Gasteiger partial charge is 0.452 e. The summed E-state index contributed by atoms with van der Waals surface area (Å²) in [5, 5.41) is 13.4. The fourth-order valence-corrected chi connectivity index (χ4v) is 2.09. The summed E-state index contributed by atoms with van der Waals surface area (Å²) < 4.78 is 4.96. The molecule has 0 saturated heterocycles. The summed E-state index contributed by atoms with van der Waals surface area (Å²) in [6, 6.07) is 11.2. The predicted molar refractivity (Wildman–Crippen MR) is 87.9 cm³/mol. The van der Waals surface area contributed by atoms with Crippen molar-refractivity contribution in [2.24, 2.45) is 0 Å². The molecule has 2 aromatic carbocycles. The van der Waals surface area contributed by atoms with E-state index in [0.29, 0.717) is 11.1 Å². The van der Waals surface area contributed by atoms with E-state index in [4.69, 9.17) is 4.74 Å². The standard InChI is InChI=1S/C17H16N2O5/c1-11-5-3-4-6-14(11)17(21)24-10-16(20)18-13-8-7-12(2)15(9-13)19(22)23/h3-9H,10H2,1-2H3,(H,18,20). The van der Waals surface area contributed by atoms with Crippen LogP contribution in [0, 0.1) is 24.0 Å². The quantitative estimate of drug-likeness (QED) is 0.517. The van der Waals surface area contributed by atoms with Gasteiger partial charge in [0.25, 0.3) is 11.6 Å². The summed E-state index contributed by atoms with van der Waals surface area (Å²) in [6.45, 7) is 2.89. The van der Waals surface area contributed by atoms with Crippen LogP contribution in [0.1, 0.15) is 21.5 Å². The van der Waals surface area contributed by atoms with Crippen molar-refractivity contribution in [2.75, 3.05) is 11.9 Å². The molecule has 0 spiro atoms. The lowest BCUT2D eigenvalue weighted by Gasteiger charge is -2.08. The van der Waals surface area contributed by atoms with E-state index >= 15 is 0 Å². The molecule has 1 N–H and O–H groups in total. The number of hydrogen-bond donors (Lipinski definition) is 1. The molecule has 24 heavy (non-hydrogen) atoms. The van der Waals surface area contributed by atoms with Gasteiger partial charge in [0.05, 0.1) is 10.5 Å². The first-order chi connectivity index (χ1) is 11.4. The summed E-state index contributed by atoms with van der Waals surface area (Å²) in [5.41, 5.74) is 1.80. The average molecular weight is 328 g/mol. The molecule has 0 aromatic heterocycles. The summed E-state index contributed by atoms with van der Waals surface area (Å²) in [4.78, 5) is 34.1. The second-order valence-corrected chi connectivity index (χ2v) is 5.20. The lowest BCUT2D eigenvalue weighted by atomic mass is 10.1. The number of rotatable bonds is 5. The highest BCUT2D eigenvalue weighted by Crippen LogP contribution is 2.22. The van der Waals surface area contributed by atoms with Crippen LogP contribution in [0.5, 0.6) is 0 Å². The number of carbonyl (C=O) groups is 2. The number of nitro benzene ring substituents is 1. The number of benzene rings is 2. The number of ether oxygens (including phenoxy) is 1. The molecule has 0 aliphatic rings. The highest BCUT2D eigenvalue weighted by atomic mass is 16.6. The van der Waals surface area contributed by atoms with E-state index in [1.165, 1.54) is 12.1 Å². The summed E-state index contributed by atoms with van der Waals surface area (Å²) in [6.07, 6.45) is 0. The molecule has 0 unspecified atom stereocenters. The molecular weight excluding hydrogens is 312 g/mol. The molecule has 0 aliphatic heterocycles. The number of aryl methyl sites for hydroxylation is 2. The normalized spacial score (nSPS) is 10.1. The minimum absolute atomic E-state index is 0.0929. The molecule has 0 aliphatic carbocycles. The maximum atomic E-state index is 11.9. The third-order valence-electron chi connectivity index (χ3n) is 3.39. The molecule has 0 radical (unpaired) electrons. The Kier molecular flexibility index (Phi) is 5.26. The van der Waals surface area contributed by atoms with Gasteiger partial charge in [-0.2, -0.15) is 0 Å². The van der Waals surface area contributed by atoms with Crippen LogP contribution in [0.25, 0.3) is 0 Å². The number of carbonyl (C=O) groups excluding carboxylic acids is 2. The number of anilines is 1. The molecule has 124 valence electrons. The van der Waals surface area contributed by atoms with E-state index < -0.39 is 23.4 Å². The van der Waals surface area contributed by atoms with Crippen molar-refractivity contribution in [3.63, 3.8) is 0 Å². The monoisotopic (exact) mass is 328 g/mol. The second-order valence-electron chi connectivity index (χ2n) is 5.20. The van der Waals surface area contributed by atoms with Gasteiger partial charge >= 0.3 is 5.97 Å². The lowest BCUT2D eigenvalue weighted by Crippen LogP contribution is -2.21. The van der Waals surface area contributed by atoms with Gasteiger partial charge in [0.2, 0.25) is 0 Å². The van der Waals surface area contributed by atoms with Gasteiger partial charge in [0, 0.05) is 17.3 Å². The van der Waals surface area contributed by atoms with E-state index in [1.807, 2.05) is 0 Å². The Bertz CT molecular complexity index is 801. The first kappa shape index (κ1) is 17.1. The van der Waals surface area contributed by atoms with Crippen molar-refractivity contribution in [2.45, 2.75) is 13.8 Å². The maximum Gasteiger partial charge on any atom is 0.338 e. The highest BCUT2D eigenvalue weighted by Gasteiger charge is 2.14. The van der Waals surface area contributed by atoms with E-state index in [-0.39, 0.29) is 11.4 Å². The molecular formula is C17H16N2O5. The van der Waals surface area contributed by atoms with Crippen LogP contribution in [-0.2, 0) is 9.53 Å². The van der Waals surface area contributed by atoms with E-state index in [0.717, 1.165) is 5.56 Å². The van der Waals surface area contributed by atoms with Crippen LogP contribution in [0.3, 0.4) is 0 Å². The van der Waals surface area contributed by atoms with Crippen LogP contribution >= 0.6 is 0 Å². The summed E-state index contributed by atoms with van der Waals surface area (Å²) in [5.74, 6) is -1.17. The minimum atomic E-state index is -0.599. The topological polar surface area (TPSA) is 98.5 Å². The van der Waals surface area contributed by atoms with Crippen LogP contribution in [0.4, 0.5) is 11.4 Å². The van der Waals surface area contributed by atoms with Gasteiger partial charge in [-0.05, 0) is 31.5 Å². The van der Waals surface area contributed by atoms with Gasteiger partial charge in [-0.25, -0.2) is 4.79 Å². The Hall–Kier alpha value is -3.22. The number of nitrogens with zero attached hydrogens (tertiary/aromatic N) is 1. The predicted octanol–water partition coefficient (Wildman–Crippen LogP) is 3.01. The maximum absolute atomic E-state index is 11.9. The first-order valence-corrected chi connectivity index (χ1v) is 7.16. The van der Waals surface area contributed by atoms with Crippen molar-refractivity contribution in [1.29, 1.82) is 0 Å². The Morgan fingerprint density at radius 1 is 1.12 bits per heavy atom. The number of esters is 1. The highest BCUT2D eigenvalue weighted by molar-refractivity contribution is 5.96. The molecule has 0 bridgehead atoms. The van der Waals surface area contributed by atoms with Gasteiger partial charge in [0.15, 0.2) is 6.61 Å². The third-order valence-corrected chi connectivity index (χ3v) is 3.39.